The minimum atomic E-state index is -2.97. The maximum atomic E-state index is 12.6. The van der Waals surface area contributed by atoms with E-state index in [4.69, 9.17) is 14.2 Å². The van der Waals surface area contributed by atoms with Gasteiger partial charge in [-0.25, -0.2) is 0 Å². The number of alkyl halides is 2. The van der Waals surface area contributed by atoms with E-state index in [9.17, 15) is 13.6 Å². The van der Waals surface area contributed by atoms with Crippen LogP contribution in [0.15, 0.2) is 36.4 Å². The average molecular weight is 407 g/mol. The summed E-state index contributed by atoms with van der Waals surface area (Å²) in [4.78, 5) is 12.5. The number of ether oxygens (including phenoxy) is 4. The van der Waals surface area contributed by atoms with Gasteiger partial charge in [0.05, 0.1) is 20.8 Å². The molecule has 1 aliphatic carbocycles. The molecule has 2 aromatic rings. The minimum absolute atomic E-state index is 0.0860. The van der Waals surface area contributed by atoms with Crippen LogP contribution < -0.4 is 24.3 Å². The Morgan fingerprint density at radius 1 is 1.03 bits per heavy atom. The van der Waals surface area contributed by atoms with Crippen molar-refractivity contribution in [2.75, 3.05) is 20.8 Å². The number of carbonyl (C=O) groups excluding carboxylic acids is 1. The van der Waals surface area contributed by atoms with Crippen LogP contribution >= 0.6 is 0 Å². The molecule has 0 spiro atoms. The fourth-order valence-corrected chi connectivity index (χ4v) is 2.72. The van der Waals surface area contributed by atoms with Crippen molar-refractivity contribution in [2.45, 2.75) is 26.0 Å². The number of amides is 1. The number of methoxy groups -OCH3 is 2. The van der Waals surface area contributed by atoms with Gasteiger partial charge in [-0.1, -0.05) is 6.07 Å². The number of hydrogen-bond acceptors (Lipinski definition) is 5. The molecule has 0 aliphatic heterocycles. The number of hydrogen-bond donors (Lipinski definition) is 1. The number of rotatable bonds is 10. The molecule has 0 saturated heterocycles. The summed E-state index contributed by atoms with van der Waals surface area (Å²) >= 11 is 0. The molecule has 8 heteroatoms. The quantitative estimate of drug-likeness (QED) is 0.644. The molecule has 6 nitrogen and oxygen atoms in total. The van der Waals surface area contributed by atoms with Gasteiger partial charge < -0.3 is 24.3 Å². The van der Waals surface area contributed by atoms with Gasteiger partial charge >= 0.3 is 6.61 Å². The van der Waals surface area contributed by atoms with Crippen molar-refractivity contribution in [2.24, 2.45) is 5.92 Å². The largest absolute Gasteiger partial charge is 0.493 e. The summed E-state index contributed by atoms with van der Waals surface area (Å²) in [5.41, 5.74) is 1.11. The summed E-state index contributed by atoms with van der Waals surface area (Å²) in [7, 11) is 3.08. The van der Waals surface area contributed by atoms with Gasteiger partial charge in [0.15, 0.2) is 23.0 Å². The minimum Gasteiger partial charge on any atom is -0.493 e. The van der Waals surface area contributed by atoms with Crippen LogP contribution in [0.1, 0.15) is 28.8 Å². The Morgan fingerprint density at radius 2 is 1.76 bits per heavy atom. The van der Waals surface area contributed by atoms with Gasteiger partial charge in [0.2, 0.25) is 0 Å². The summed E-state index contributed by atoms with van der Waals surface area (Å²) in [5, 5.41) is 2.79. The van der Waals surface area contributed by atoms with Crippen LogP contribution in [0.4, 0.5) is 8.78 Å². The summed E-state index contributed by atoms with van der Waals surface area (Å²) < 4.78 is 45.8. The third-order valence-electron chi connectivity index (χ3n) is 4.49. The van der Waals surface area contributed by atoms with Crippen LogP contribution in [0.25, 0.3) is 0 Å². The molecule has 1 amide bonds. The molecular formula is C21H23F2NO5. The number of nitrogens with one attached hydrogen (secondary N) is 1. The highest BCUT2D eigenvalue weighted by Crippen LogP contribution is 2.34. The van der Waals surface area contributed by atoms with E-state index in [1.54, 1.807) is 19.2 Å². The predicted molar refractivity (Wildman–Crippen MR) is 102 cm³/mol. The lowest BCUT2D eigenvalue weighted by atomic mass is 10.1. The molecule has 0 unspecified atom stereocenters. The fraction of sp³-hybridized carbons (Fsp3) is 0.381. The monoisotopic (exact) mass is 407 g/mol. The predicted octanol–water partition coefficient (Wildman–Crippen LogP) is 4.02. The molecule has 0 radical (unpaired) electrons. The molecule has 29 heavy (non-hydrogen) atoms. The maximum absolute atomic E-state index is 12.6. The van der Waals surface area contributed by atoms with Crippen molar-refractivity contribution in [1.29, 1.82) is 0 Å². The smallest absolute Gasteiger partial charge is 0.387 e. The van der Waals surface area contributed by atoms with E-state index in [0.717, 1.165) is 18.4 Å². The first-order valence-electron chi connectivity index (χ1n) is 9.21. The summed E-state index contributed by atoms with van der Waals surface area (Å²) in [6, 6.07) is 9.49. The van der Waals surface area contributed by atoms with Crippen molar-refractivity contribution >= 4 is 5.91 Å². The van der Waals surface area contributed by atoms with Gasteiger partial charge in [0, 0.05) is 12.1 Å². The first kappa shape index (κ1) is 20.7. The van der Waals surface area contributed by atoms with E-state index in [-0.39, 0.29) is 29.5 Å². The second kappa shape index (κ2) is 9.45. The van der Waals surface area contributed by atoms with Crippen molar-refractivity contribution in [1.82, 2.24) is 5.32 Å². The lowest BCUT2D eigenvalue weighted by Crippen LogP contribution is -2.23. The lowest BCUT2D eigenvalue weighted by Gasteiger charge is -2.14. The molecule has 0 aromatic heterocycles. The second-order valence-corrected chi connectivity index (χ2v) is 6.67. The Balaban J connectivity index is 1.68. The van der Waals surface area contributed by atoms with Crippen molar-refractivity contribution in [3.05, 3.63) is 47.5 Å². The topological polar surface area (TPSA) is 66.0 Å². The van der Waals surface area contributed by atoms with Crippen LogP contribution in [-0.2, 0) is 6.54 Å². The van der Waals surface area contributed by atoms with Crippen LogP contribution in [0, 0.1) is 5.92 Å². The molecule has 2 aromatic carbocycles. The number of carbonyl (C=O) groups is 1. The molecule has 0 atom stereocenters. The first-order valence-corrected chi connectivity index (χ1v) is 9.21. The van der Waals surface area contributed by atoms with Gasteiger partial charge in [-0.3, -0.25) is 4.79 Å². The Hall–Kier alpha value is -3.03. The number of benzene rings is 2. The van der Waals surface area contributed by atoms with Gasteiger partial charge in [-0.15, -0.1) is 0 Å². The number of halogens is 2. The molecule has 1 aliphatic rings. The zero-order valence-electron chi connectivity index (χ0n) is 16.2. The Labute approximate surface area is 167 Å². The molecule has 1 fully saturated rings. The molecule has 1 N–H and O–H groups in total. The highest BCUT2D eigenvalue weighted by Gasteiger charge is 2.23. The normalized spacial score (nSPS) is 13.1. The first-order chi connectivity index (χ1) is 14.0. The third-order valence-corrected chi connectivity index (χ3v) is 4.49. The highest BCUT2D eigenvalue weighted by molar-refractivity contribution is 5.94. The van der Waals surface area contributed by atoms with Gasteiger partial charge in [-0.2, -0.15) is 8.78 Å². The van der Waals surface area contributed by atoms with Gasteiger partial charge in [0.25, 0.3) is 5.91 Å². The van der Waals surface area contributed by atoms with Crippen LogP contribution in [0.2, 0.25) is 0 Å². The molecule has 1 saturated carbocycles. The highest BCUT2D eigenvalue weighted by atomic mass is 19.3. The van der Waals surface area contributed by atoms with Crippen molar-refractivity contribution in [3.63, 3.8) is 0 Å². The molecular weight excluding hydrogens is 384 g/mol. The van der Waals surface area contributed by atoms with Crippen molar-refractivity contribution in [3.8, 4) is 23.0 Å². The molecule has 156 valence electrons. The summed E-state index contributed by atoms with van der Waals surface area (Å²) in [5.74, 6) is 1.27. The average Bonchev–Trinajstić information content (AvgIpc) is 3.55. The summed E-state index contributed by atoms with van der Waals surface area (Å²) in [6.07, 6.45) is 2.10. The fourth-order valence-electron chi connectivity index (χ4n) is 2.72. The molecule has 0 bridgehead atoms. The zero-order valence-corrected chi connectivity index (χ0v) is 16.2. The second-order valence-electron chi connectivity index (χ2n) is 6.67. The SMILES string of the molecule is COc1ccc(CNC(=O)c2ccc(OC(F)F)c(OCC3CC3)c2)cc1OC. The zero-order chi connectivity index (χ0) is 20.8. The van der Waals surface area contributed by atoms with E-state index < -0.39 is 6.61 Å². The van der Waals surface area contributed by atoms with E-state index >= 15 is 0 Å². The van der Waals surface area contributed by atoms with E-state index in [2.05, 4.69) is 10.1 Å². The Bertz CT molecular complexity index is 855. The van der Waals surface area contributed by atoms with Crippen LogP contribution in [0.5, 0.6) is 23.0 Å². The Morgan fingerprint density at radius 3 is 2.41 bits per heavy atom. The molecule has 0 heterocycles. The van der Waals surface area contributed by atoms with E-state index in [0.29, 0.717) is 24.0 Å². The van der Waals surface area contributed by atoms with Crippen LogP contribution in [0.3, 0.4) is 0 Å². The summed E-state index contributed by atoms with van der Waals surface area (Å²) in [6.45, 7) is -2.30. The van der Waals surface area contributed by atoms with Crippen LogP contribution in [-0.4, -0.2) is 33.3 Å². The maximum Gasteiger partial charge on any atom is 0.387 e. The molecule has 3 rings (SSSR count). The van der Waals surface area contributed by atoms with E-state index in [1.807, 2.05) is 6.07 Å². The standard InChI is InChI=1S/C21H23F2NO5/c1-26-16-7-5-14(9-18(16)27-2)11-24-20(25)15-6-8-17(29-21(22)23)19(10-15)28-12-13-3-4-13/h5-10,13,21H,3-4,11-12H2,1-2H3,(H,24,25). The third kappa shape index (κ3) is 5.73. The lowest BCUT2D eigenvalue weighted by molar-refractivity contribution is -0.0515. The van der Waals surface area contributed by atoms with Gasteiger partial charge in [-0.05, 0) is 54.7 Å². The van der Waals surface area contributed by atoms with Crippen molar-refractivity contribution < 1.29 is 32.5 Å². The van der Waals surface area contributed by atoms with E-state index in [1.165, 1.54) is 25.3 Å². The Kier molecular flexibility index (Phi) is 6.74. The van der Waals surface area contributed by atoms with Gasteiger partial charge in [0.1, 0.15) is 0 Å².